The molecular formula is C12H12BrClN4. The summed E-state index contributed by atoms with van der Waals surface area (Å²) in [7, 11) is 0. The van der Waals surface area contributed by atoms with E-state index < -0.39 is 0 Å². The maximum atomic E-state index is 6.13. The summed E-state index contributed by atoms with van der Waals surface area (Å²) in [6.45, 7) is 6.21. The smallest absolute Gasteiger partial charge is 0.180 e. The van der Waals surface area contributed by atoms with Crippen molar-refractivity contribution in [2.75, 3.05) is 0 Å². The quantitative estimate of drug-likeness (QED) is 0.750. The summed E-state index contributed by atoms with van der Waals surface area (Å²) in [4.78, 5) is 16.8. The summed E-state index contributed by atoms with van der Waals surface area (Å²) in [6, 6.07) is 1.76. The van der Waals surface area contributed by atoms with Crippen molar-refractivity contribution in [1.82, 2.24) is 19.9 Å². The van der Waals surface area contributed by atoms with E-state index in [1.54, 1.807) is 12.3 Å². The molecule has 2 aromatic heterocycles. The first-order valence-electron chi connectivity index (χ1n) is 5.39. The van der Waals surface area contributed by atoms with Crippen LogP contribution in [0.1, 0.15) is 26.5 Å². The molecule has 0 fully saturated rings. The molecule has 2 aromatic rings. The number of hydrogen-bond donors (Lipinski definition) is 0. The molecule has 0 aliphatic rings. The molecule has 94 valence electrons. The Morgan fingerprint density at radius 1 is 1.22 bits per heavy atom. The van der Waals surface area contributed by atoms with E-state index in [0.717, 1.165) is 10.2 Å². The topological polar surface area (TPSA) is 51.6 Å². The van der Waals surface area contributed by atoms with Crippen LogP contribution in [0.3, 0.4) is 0 Å². The molecular weight excluding hydrogens is 316 g/mol. The van der Waals surface area contributed by atoms with E-state index in [4.69, 9.17) is 11.6 Å². The highest BCUT2D eigenvalue weighted by atomic mass is 79.9. The fraction of sp³-hybridized carbons (Fsp3) is 0.333. The van der Waals surface area contributed by atoms with E-state index in [9.17, 15) is 0 Å². The van der Waals surface area contributed by atoms with Gasteiger partial charge in [-0.05, 0) is 22.0 Å². The molecule has 0 unspecified atom stereocenters. The first kappa shape index (κ1) is 13.4. The van der Waals surface area contributed by atoms with Crippen LogP contribution in [0.4, 0.5) is 0 Å². The van der Waals surface area contributed by atoms with Gasteiger partial charge in [-0.2, -0.15) is 0 Å². The van der Waals surface area contributed by atoms with E-state index in [0.29, 0.717) is 16.7 Å². The summed E-state index contributed by atoms with van der Waals surface area (Å²) < 4.78 is 0.731. The number of hydrogen-bond acceptors (Lipinski definition) is 4. The predicted octanol–water partition coefficient (Wildman–Crippen LogP) is 3.65. The van der Waals surface area contributed by atoms with Gasteiger partial charge in [-0.3, -0.25) is 0 Å². The second-order valence-electron chi connectivity index (χ2n) is 4.85. The highest BCUT2D eigenvalue weighted by Crippen LogP contribution is 2.33. The van der Waals surface area contributed by atoms with Gasteiger partial charge in [0.1, 0.15) is 17.2 Å². The van der Waals surface area contributed by atoms with E-state index in [2.05, 4.69) is 56.6 Å². The molecule has 2 rings (SSSR count). The predicted molar refractivity (Wildman–Crippen MR) is 74.5 cm³/mol. The Morgan fingerprint density at radius 3 is 2.50 bits per heavy atom. The van der Waals surface area contributed by atoms with E-state index in [1.165, 1.54) is 6.33 Å². The molecule has 0 amide bonds. The molecule has 0 bridgehead atoms. The van der Waals surface area contributed by atoms with E-state index >= 15 is 0 Å². The molecule has 0 radical (unpaired) electrons. The van der Waals surface area contributed by atoms with Gasteiger partial charge in [0.05, 0.1) is 10.2 Å². The molecule has 0 atom stereocenters. The molecule has 0 spiro atoms. The maximum Gasteiger partial charge on any atom is 0.180 e. The van der Waals surface area contributed by atoms with Crippen molar-refractivity contribution in [3.63, 3.8) is 0 Å². The summed E-state index contributed by atoms with van der Waals surface area (Å²) >= 11 is 9.57. The van der Waals surface area contributed by atoms with Crippen LogP contribution in [-0.2, 0) is 5.41 Å². The third-order valence-electron chi connectivity index (χ3n) is 2.33. The fourth-order valence-electron chi connectivity index (χ4n) is 1.45. The molecule has 4 nitrogen and oxygen atoms in total. The lowest BCUT2D eigenvalue weighted by Gasteiger charge is -2.20. The third-order valence-corrected chi connectivity index (χ3v) is 3.59. The van der Waals surface area contributed by atoms with Gasteiger partial charge < -0.3 is 0 Å². The van der Waals surface area contributed by atoms with Crippen molar-refractivity contribution in [2.45, 2.75) is 26.2 Å². The second kappa shape index (κ2) is 4.90. The van der Waals surface area contributed by atoms with Crippen molar-refractivity contribution < 1.29 is 0 Å². The van der Waals surface area contributed by atoms with Gasteiger partial charge >= 0.3 is 0 Å². The molecule has 0 saturated carbocycles. The SMILES string of the molecule is CC(C)(C)c1nc(-c2ccncn2)nc(Cl)c1Br. The van der Waals surface area contributed by atoms with Crippen LogP contribution in [0.25, 0.3) is 11.5 Å². The Hall–Kier alpha value is -1.07. The van der Waals surface area contributed by atoms with Crippen molar-refractivity contribution in [3.8, 4) is 11.5 Å². The van der Waals surface area contributed by atoms with Crippen LogP contribution < -0.4 is 0 Å². The Labute approximate surface area is 119 Å². The highest BCUT2D eigenvalue weighted by molar-refractivity contribution is 9.10. The van der Waals surface area contributed by atoms with Gasteiger partial charge in [-0.15, -0.1) is 0 Å². The molecule has 18 heavy (non-hydrogen) atoms. The molecule has 0 aliphatic carbocycles. The normalized spacial score (nSPS) is 11.6. The monoisotopic (exact) mass is 326 g/mol. The average Bonchev–Trinajstić information content (AvgIpc) is 2.32. The lowest BCUT2D eigenvalue weighted by atomic mass is 9.92. The summed E-state index contributed by atoms with van der Waals surface area (Å²) in [5, 5.41) is 0.392. The van der Waals surface area contributed by atoms with Crippen molar-refractivity contribution >= 4 is 27.5 Å². The molecule has 0 aliphatic heterocycles. The van der Waals surface area contributed by atoms with Crippen molar-refractivity contribution in [3.05, 3.63) is 33.9 Å². The van der Waals surface area contributed by atoms with Gasteiger partial charge in [0, 0.05) is 11.6 Å². The number of aromatic nitrogens is 4. The summed E-state index contributed by atoms with van der Waals surface area (Å²) in [5.74, 6) is 0.510. The average molecular weight is 328 g/mol. The first-order valence-corrected chi connectivity index (χ1v) is 6.56. The third kappa shape index (κ3) is 2.67. The number of nitrogens with zero attached hydrogens (tertiary/aromatic N) is 4. The van der Waals surface area contributed by atoms with Crippen LogP contribution in [-0.4, -0.2) is 19.9 Å². The highest BCUT2D eigenvalue weighted by Gasteiger charge is 2.23. The Bertz CT molecular complexity index is 566. The maximum absolute atomic E-state index is 6.13. The summed E-state index contributed by atoms with van der Waals surface area (Å²) in [5.41, 5.74) is 1.38. The van der Waals surface area contributed by atoms with Gasteiger partial charge in [0.25, 0.3) is 0 Å². The van der Waals surface area contributed by atoms with Crippen LogP contribution in [0.5, 0.6) is 0 Å². The van der Waals surface area contributed by atoms with Crippen molar-refractivity contribution in [1.29, 1.82) is 0 Å². The van der Waals surface area contributed by atoms with Gasteiger partial charge in [-0.1, -0.05) is 32.4 Å². The summed E-state index contributed by atoms with van der Waals surface area (Å²) in [6.07, 6.45) is 3.11. The molecule has 6 heteroatoms. The zero-order chi connectivity index (χ0) is 13.3. The van der Waals surface area contributed by atoms with Gasteiger partial charge in [0.15, 0.2) is 5.82 Å². The van der Waals surface area contributed by atoms with Crippen LogP contribution in [0.15, 0.2) is 23.1 Å². The second-order valence-corrected chi connectivity index (χ2v) is 6.00. The largest absolute Gasteiger partial charge is 0.245 e. The first-order chi connectivity index (χ1) is 8.39. The van der Waals surface area contributed by atoms with Crippen molar-refractivity contribution in [2.24, 2.45) is 0 Å². The van der Waals surface area contributed by atoms with Gasteiger partial charge in [0.2, 0.25) is 0 Å². The van der Waals surface area contributed by atoms with Crippen LogP contribution in [0.2, 0.25) is 5.15 Å². The number of rotatable bonds is 1. The molecule has 0 aromatic carbocycles. The Kier molecular flexibility index (Phi) is 3.64. The minimum atomic E-state index is -0.132. The Morgan fingerprint density at radius 2 is 1.94 bits per heavy atom. The van der Waals surface area contributed by atoms with Crippen LogP contribution >= 0.6 is 27.5 Å². The molecule has 2 heterocycles. The lowest BCUT2D eigenvalue weighted by Crippen LogP contribution is -2.16. The zero-order valence-electron chi connectivity index (χ0n) is 10.3. The lowest BCUT2D eigenvalue weighted by molar-refractivity contribution is 0.564. The number of halogens is 2. The minimum Gasteiger partial charge on any atom is -0.245 e. The van der Waals surface area contributed by atoms with Crippen LogP contribution in [0, 0.1) is 0 Å². The minimum absolute atomic E-state index is 0.132. The molecule has 0 N–H and O–H groups in total. The molecule has 0 saturated heterocycles. The fourth-order valence-corrected chi connectivity index (χ4v) is 2.40. The van der Waals surface area contributed by atoms with Gasteiger partial charge in [-0.25, -0.2) is 19.9 Å². The standard InChI is InChI=1S/C12H12BrClN4/c1-12(2,3)9-8(13)10(14)18-11(17-9)7-4-5-15-6-16-7/h4-6H,1-3H3. The van der Waals surface area contributed by atoms with E-state index in [-0.39, 0.29) is 5.41 Å². The Balaban J connectivity index is 2.62. The zero-order valence-corrected chi connectivity index (χ0v) is 12.6. The van der Waals surface area contributed by atoms with E-state index in [1.807, 2.05) is 0 Å².